The van der Waals surface area contributed by atoms with Crippen LogP contribution in [0.25, 0.3) is 11.0 Å². The second-order valence-electron chi connectivity index (χ2n) is 6.59. The maximum absolute atomic E-state index is 13.1. The molecule has 1 N–H and O–H groups in total. The average Bonchev–Trinajstić information content (AvgIpc) is 3.26. The van der Waals surface area contributed by atoms with Gasteiger partial charge in [0.25, 0.3) is 17.2 Å². The Morgan fingerprint density at radius 2 is 2.00 bits per heavy atom. The molecule has 0 saturated heterocycles. The maximum Gasteiger partial charge on any atom is 0.272 e. The Bertz CT molecular complexity index is 1340. The highest BCUT2D eigenvalue weighted by atomic mass is 79.9. The molecule has 31 heavy (non-hydrogen) atoms. The van der Waals surface area contributed by atoms with E-state index in [0.29, 0.717) is 32.6 Å². The molecular weight excluding hydrogens is 545 g/mol. The second kappa shape index (κ2) is 9.01. The monoisotopic (exact) mass is 557 g/mol. The van der Waals surface area contributed by atoms with Gasteiger partial charge in [0.05, 0.1) is 21.4 Å². The number of benzene rings is 2. The van der Waals surface area contributed by atoms with Crippen LogP contribution in [-0.2, 0) is 17.8 Å². The molecule has 0 aliphatic heterocycles. The molecule has 0 saturated carbocycles. The van der Waals surface area contributed by atoms with Gasteiger partial charge in [-0.1, -0.05) is 29.3 Å². The molecule has 1 amide bonds. The van der Waals surface area contributed by atoms with Gasteiger partial charge in [0.15, 0.2) is 0 Å². The van der Waals surface area contributed by atoms with Crippen molar-refractivity contribution in [1.82, 2.24) is 9.55 Å². The minimum Gasteiger partial charge on any atom is -0.324 e. The fraction of sp³-hybridized carbons (Fsp3) is 0.100. The molecule has 160 valence electrons. The average molecular weight is 559 g/mol. The van der Waals surface area contributed by atoms with E-state index in [-0.39, 0.29) is 5.56 Å². The van der Waals surface area contributed by atoms with Gasteiger partial charge in [0, 0.05) is 15.6 Å². The van der Waals surface area contributed by atoms with E-state index in [4.69, 9.17) is 23.2 Å². The van der Waals surface area contributed by atoms with Crippen LogP contribution in [0.2, 0.25) is 10.0 Å². The van der Waals surface area contributed by atoms with E-state index in [2.05, 4.69) is 20.9 Å². The first-order valence-electron chi connectivity index (χ1n) is 8.86. The SMILES string of the molecule is Cc1nc2ccc(C(=O)N(c3ccc(Br)s3)S(=O)O)cc2n1Cc1ccc(Cl)cc1Cl. The van der Waals surface area contributed by atoms with E-state index in [1.54, 1.807) is 42.5 Å². The number of amides is 1. The van der Waals surface area contributed by atoms with Crippen molar-refractivity contribution in [2.24, 2.45) is 0 Å². The van der Waals surface area contributed by atoms with Gasteiger partial charge in [-0.2, -0.15) is 4.31 Å². The zero-order valence-corrected chi connectivity index (χ0v) is 20.6. The summed E-state index contributed by atoms with van der Waals surface area (Å²) in [7, 11) is 0. The second-order valence-corrected chi connectivity index (χ2v) is 10.7. The first kappa shape index (κ1) is 22.4. The molecule has 4 rings (SSSR count). The number of hydrogen-bond acceptors (Lipinski definition) is 4. The van der Waals surface area contributed by atoms with Crippen molar-refractivity contribution in [3.05, 3.63) is 79.3 Å². The molecule has 1 atom stereocenters. The first-order valence-corrected chi connectivity index (χ1v) is 12.3. The molecule has 0 fully saturated rings. The van der Waals surface area contributed by atoms with Gasteiger partial charge in [0.1, 0.15) is 10.8 Å². The lowest BCUT2D eigenvalue weighted by Crippen LogP contribution is -2.31. The molecule has 2 heterocycles. The van der Waals surface area contributed by atoms with Crippen LogP contribution < -0.4 is 4.31 Å². The summed E-state index contributed by atoms with van der Waals surface area (Å²) in [5.41, 5.74) is 2.54. The molecular formula is C20H14BrCl2N3O3S2. The number of rotatable bonds is 5. The highest BCUT2D eigenvalue weighted by Crippen LogP contribution is 2.32. The summed E-state index contributed by atoms with van der Waals surface area (Å²) in [6.45, 7) is 2.30. The van der Waals surface area contributed by atoms with Gasteiger partial charge in [-0.25, -0.2) is 9.19 Å². The van der Waals surface area contributed by atoms with Gasteiger partial charge < -0.3 is 4.57 Å². The lowest BCUT2D eigenvalue weighted by Gasteiger charge is -2.16. The van der Waals surface area contributed by atoms with Crippen LogP contribution in [0.4, 0.5) is 5.00 Å². The zero-order chi connectivity index (χ0) is 22.3. The van der Waals surface area contributed by atoms with Gasteiger partial charge >= 0.3 is 0 Å². The number of imidazole rings is 1. The van der Waals surface area contributed by atoms with Crippen molar-refractivity contribution in [2.45, 2.75) is 13.5 Å². The van der Waals surface area contributed by atoms with Crippen molar-refractivity contribution in [3.8, 4) is 0 Å². The van der Waals surface area contributed by atoms with Crippen molar-refractivity contribution in [2.75, 3.05) is 4.31 Å². The molecule has 6 nitrogen and oxygen atoms in total. The van der Waals surface area contributed by atoms with E-state index in [1.807, 2.05) is 17.6 Å². The summed E-state index contributed by atoms with van der Waals surface area (Å²) >= 11 is 14.3. The Morgan fingerprint density at radius 1 is 1.23 bits per heavy atom. The molecule has 4 aromatic rings. The van der Waals surface area contributed by atoms with Gasteiger partial charge in [0.2, 0.25) is 0 Å². The summed E-state index contributed by atoms with van der Waals surface area (Å²) in [4.78, 5) is 17.7. The van der Waals surface area contributed by atoms with Crippen molar-refractivity contribution >= 4 is 83.7 Å². The van der Waals surface area contributed by atoms with Crippen molar-refractivity contribution in [1.29, 1.82) is 0 Å². The lowest BCUT2D eigenvalue weighted by atomic mass is 10.1. The van der Waals surface area contributed by atoms with Crippen LogP contribution >= 0.6 is 50.5 Å². The molecule has 1 unspecified atom stereocenters. The molecule has 0 bridgehead atoms. The molecule has 0 radical (unpaired) electrons. The topological polar surface area (TPSA) is 75.4 Å². The number of carbonyl (C=O) groups is 1. The van der Waals surface area contributed by atoms with Gasteiger partial charge in [-0.3, -0.25) is 9.35 Å². The van der Waals surface area contributed by atoms with Crippen molar-refractivity contribution in [3.63, 3.8) is 0 Å². The summed E-state index contributed by atoms with van der Waals surface area (Å²) in [6.07, 6.45) is 0. The van der Waals surface area contributed by atoms with E-state index < -0.39 is 17.2 Å². The number of thiophene rings is 1. The fourth-order valence-electron chi connectivity index (χ4n) is 3.18. The van der Waals surface area contributed by atoms with Gasteiger partial charge in [-0.15, -0.1) is 11.3 Å². The minimum absolute atomic E-state index is 0.266. The third-order valence-corrected chi connectivity index (χ3v) is 7.62. The van der Waals surface area contributed by atoms with Crippen LogP contribution in [0.15, 0.2) is 52.3 Å². The molecule has 0 aliphatic rings. The van der Waals surface area contributed by atoms with Crippen LogP contribution in [0, 0.1) is 6.92 Å². The summed E-state index contributed by atoms with van der Waals surface area (Å²) < 4.78 is 25.2. The molecule has 0 aliphatic carbocycles. The summed E-state index contributed by atoms with van der Waals surface area (Å²) in [5, 5.41) is 1.44. The Balaban J connectivity index is 1.75. The van der Waals surface area contributed by atoms with Crippen molar-refractivity contribution < 1.29 is 13.6 Å². The largest absolute Gasteiger partial charge is 0.324 e. The maximum atomic E-state index is 13.1. The Labute approximate surface area is 203 Å². The van der Waals surface area contributed by atoms with Crippen LogP contribution in [0.5, 0.6) is 0 Å². The van der Waals surface area contributed by atoms with Crippen LogP contribution in [0.1, 0.15) is 21.7 Å². The predicted octanol–water partition coefficient (Wildman–Crippen LogP) is 6.31. The number of nitrogens with zero attached hydrogens (tertiary/aromatic N) is 3. The number of anilines is 1. The van der Waals surface area contributed by atoms with E-state index in [0.717, 1.165) is 19.5 Å². The molecule has 2 aromatic heterocycles. The number of hydrogen-bond donors (Lipinski definition) is 1. The standard InChI is InChI=1S/C20H14BrCl2N3O3S2/c1-11-24-16-5-3-12(20(27)26(31(28)29)19-7-6-18(21)30-19)8-17(16)25(11)10-13-2-4-14(22)9-15(13)23/h2-9H,10H2,1H3,(H,28,29). The Morgan fingerprint density at radius 3 is 2.65 bits per heavy atom. The third-order valence-electron chi connectivity index (χ3n) is 4.63. The number of fused-ring (bicyclic) bond motifs is 1. The van der Waals surface area contributed by atoms with Gasteiger partial charge in [-0.05, 0) is 70.9 Å². The molecule has 2 aromatic carbocycles. The number of aromatic nitrogens is 2. The normalized spacial score (nSPS) is 12.3. The van der Waals surface area contributed by atoms with E-state index in [9.17, 15) is 13.6 Å². The summed E-state index contributed by atoms with van der Waals surface area (Å²) in [6, 6.07) is 13.6. The fourth-order valence-corrected chi connectivity index (χ4v) is 5.68. The van der Waals surface area contributed by atoms with E-state index >= 15 is 0 Å². The smallest absolute Gasteiger partial charge is 0.272 e. The number of halogens is 3. The first-order chi connectivity index (χ1) is 14.7. The highest BCUT2D eigenvalue weighted by molar-refractivity contribution is 9.11. The zero-order valence-electron chi connectivity index (χ0n) is 15.9. The lowest BCUT2D eigenvalue weighted by molar-refractivity contribution is 0.101. The number of carbonyl (C=O) groups excluding carboxylic acids is 1. The highest BCUT2D eigenvalue weighted by Gasteiger charge is 2.25. The molecule has 0 spiro atoms. The molecule has 11 heteroatoms. The van der Waals surface area contributed by atoms with Crippen LogP contribution in [0.3, 0.4) is 0 Å². The van der Waals surface area contributed by atoms with Crippen LogP contribution in [-0.4, -0.2) is 24.2 Å². The third kappa shape index (κ3) is 4.57. The van der Waals surface area contributed by atoms with E-state index in [1.165, 1.54) is 11.3 Å². The quantitative estimate of drug-likeness (QED) is 0.291. The Kier molecular flexibility index (Phi) is 6.52. The Hall–Kier alpha value is -1.75. The minimum atomic E-state index is -2.52. The predicted molar refractivity (Wildman–Crippen MR) is 130 cm³/mol. The number of aryl methyl sites for hydroxylation is 1. The summed E-state index contributed by atoms with van der Waals surface area (Å²) in [5.74, 6) is 0.155.